The Morgan fingerprint density at radius 3 is 1.88 bits per heavy atom. The van der Waals surface area contributed by atoms with Crippen molar-refractivity contribution in [3.05, 3.63) is 81.4 Å². The van der Waals surface area contributed by atoms with Crippen LogP contribution in [0, 0.1) is 0 Å². The fourth-order valence-electron chi connectivity index (χ4n) is 6.45. The SMILES string of the molecule is CC(=O)Cc1ccc2c(c1S(=O)(=O)O)Oc1c(ccc(CC(=O)C(F)(F)F)c1S(=O)(=O)O)C21OC(=O)c2cc(C(=O)N3CCNCC3)ccc21. The van der Waals surface area contributed by atoms with Gasteiger partial charge in [-0.1, -0.05) is 30.3 Å². The van der Waals surface area contributed by atoms with Crippen molar-refractivity contribution < 1.29 is 67.8 Å². The highest BCUT2D eigenvalue weighted by atomic mass is 32.2. The standard InChI is InChI=1S/C31H25F3N2O12S2/c1-15(37)12-16-2-6-21-24(26(16)49(41,42)43)47-25-22(7-3-17(27(25)50(44,45)46)14-23(38)31(32,33)34)30(21)20-5-4-18(13-19(20)29(40)48-30)28(39)36-10-8-35-9-11-36/h2-7,13,35H,8-12,14H2,1H3,(H,41,42,43)(H,44,45,46). The van der Waals surface area contributed by atoms with Gasteiger partial charge in [-0.25, -0.2) is 4.79 Å². The first-order valence-corrected chi connectivity index (χ1v) is 17.6. The summed E-state index contributed by atoms with van der Waals surface area (Å²) in [6.45, 7) is 2.86. The summed E-state index contributed by atoms with van der Waals surface area (Å²) in [5, 5.41) is 3.10. The number of carbonyl (C=O) groups is 4. The number of nitrogens with zero attached hydrogens (tertiary/aromatic N) is 1. The summed E-state index contributed by atoms with van der Waals surface area (Å²) < 4.78 is 124. The van der Waals surface area contributed by atoms with Gasteiger partial charge in [-0.05, 0) is 30.2 Å². The van der Waals surface area contributed by atoms with Crippen molar-refractivity contribution in [2.45, 2.75) is 41.3 Å². The van der Waals surface area contributed by atoms with Crippen molar-refractivity contribution in [1.29, 1.82) is 0 Å². The highest BCUT2D eigenvalue weighted by molar-refractivity contribution is 7.86. The minimum atomic E-state index is -5.62. The summed E-state index contributed by atoms with van der Waals surface area (Å²) in [5.74, 6) is -6.45. The van der Waals surface area contributed by atoms with Gasteiger partial charge >= 0.3 is 12.1 Å². The number of ether oxygens (including phenoxy) is 2. The van der Waals surface area contributed by atoms with Crippen LogP contribution in [0.5, 0.6) is 11.5 Å². The molecular formula is C31H25F3N2O12S2. The van der Waals surface area contributed by atoms with Crippen molar-refractivity contribution in [2.75, 3.05) is 26.2 Å². The van der Waals surface area contributed by atoms with Crippen LogP contribution < -0.4 is 10.1 Å². The molecule has 0 bridgehead atoms. The molecular weight excluding hydrogens is 713 g/mol. The third-order valence-electron chi connectivity index (χ3n) is 8.49. The van der Waals surface area contributed by atoms with E-state index in [1.165, 1.54) is 29.2 Å². The molecule has 1 atom stereocenters. The van der Waals surface area contributed by atoms with E-state index in [0.29, 0.717) is 26.2 Å². The molecule has 6 rings (SSSR count). The monoisotopic (exact) mass is 738 g/mol. The lowest BCUT2D eigenvalue weighted by Crippen LogP contribution is -2.46. The van der Waals surface area contributed by atoms with E-state index in [-0.39, 0.29) is 27.8 Å². The summed E-state index contributed by atoms with van der Waals surface area (Å²) in [5.41, 5.74) is -4.69. The summed E-state index contributed by atoms with van der Waals surface area (Å²) in [4.78, 5) is 50.1. The van der Waals surface area contributed by atoms with E-state index in [1.54, 1.807) is 0 Å². The number of hydrogen-bond donors (Lipinski definition) is 3. The molecule has 3 N–H and O–H groups in total. The highest BCUT2D eigenvalue weighted by Gasteiger charge is 2.56. The molecule has 3 heterocycles. The zero-order valence-corrected chi connectivity index (χ0v) is 27.3. The number of Topliss-reactive ketones (excluding diaryl/α,β-unsaturated/α-hetero) is 2. The first kappa shape index (κ1) is 35.1. The molecule has 1 amide bonds. The number of amides is 1. The maximum absolute atomic E-state index is 13.7. The van der Waals surface area contributed by atoms with E-state index in [1.807, 2.05) is 0 Å². The highest BCUT2D eigenvalue weighted by Crippen LogP contribution is 2.59. The van der Waals surface area contributed by atoms with Crippen molar-refractivity contribution in [1.82, 2.24) is 10.2 Å². The van der Waals surface area contributed by atoms with Crippen LogP contribution in [0.4, 0.5) is 13.2 Å². The van der Waals surface area contributed by atoms with Gasteiger partial charge in [-0.2, -0.15) is 30.0 Å². The van der Waals surface area contributed by atoms with Crippen LogP contribution >= 0.6 is 0 Å². The molecule has 19 heteroatoms. The number of hydrogen-bond acceptors (Lipinski definition) is 11. The zero-order valence-electron chi connectivity index (χ0n) is 25.7. The molecule has 3 aliphatic rings. The Balaban J connectivity index is 1.68. The van der Waals surface area contributed by atoms with Gasteiger partial charge in [0.25, 0.3) is 26.1 Å². The Bertz CT molecular complexity index is 2250. The van der Waals surface area contributed by atoms with Gasteiger partial charge in [-0.15, -0.1) is 0 Å². The van der Waals surface area contributed by atoms with Crippen LogP contribution in [0.3, 0.4) is 0 Å². The second kappa shape index (κ2) is 12.0. The number of rotatable bonds is 7. The minimum Gasteiger partial charge on any atom is -0.453 e. The lowest BCUT2D eigenvalue weighted by atomic mass is 9.76. The number of ketones is 2. The molecule has 3 aromatic rings. The molecule has 0 aromatic heterocycles. The summed E-state index contributed by atoms with van der Waals surface area (Å²) in [7, 11) is -11.0. The molecule has 1 unspecified atom stereocenters. The molecule has 3 aliphatic heterocycles. The number of benzene rings is 3. The van der Waals surface area contributed by atoms with E-state index >= 15 is 0 Å². The third-order valence-corrected chi connectivity index (χ3v) is 10.4. The topological polar surface area (TPSA) is 211 Å². The second-order valence-electron chi connectivity index (χ2n) is 11.8. The normalized spacial score (nSPS) is 18.5. The van der Waals surface area contributed by atoms with Gasteiger partial charge < -0.3 is 19.7 Å². The Kier molecular flexibility index (Phi) is 8.42. The minimum absolute atomic E-state index is 0.0576. The van der Waals surface area contributed by atoms with E-state index < -0.39 is 101 Å². The van der Waals surface area contributed by atoms with Crippen molar-refractivity contribution in [2.24, 2.45) is 0 Å². The third kappa shape index (κ3) is 5.83. The number of halogens is 3. The Labute approximate surface area is 281 Å². The van der Waals surface area contributed by atoms with Gasteiger partial charge in [-0.3, -0.25) is 23.5 Å². The van der Waals surface area contributed by atoms with Gasteiger partial charge in [0.2, 0.25) is 5.78 Å². The summed E-state index contributed by atoms with van der Waals surface area (Å²) >= 11 is 0. The molecule has 50 heavy (non-hydrogen) atoms. The van der Waals surface area contributed by atoms with Crippen LogP contribution in [0.15, 0.2) is 52.3 Å². The lowest BCUT2D eigenvalue weighted by Gasteiger charge is -2.38. The Hall–Kier alpha value is -4.69. The lowest BCUT2D eigenvalue weighted by molar-refractivity contribution is -0.170. The first-order chi connectivity index (χ1) is 23.2. The maximum Gasteiger partial charge on any atom is 0.450 e. The average Bonchev–Trinajstić information content (AvgIpc) is 3.30. The van der Waals surface area contributed by atoms with E-state index in [0.717, 1.165) is 25.1 Å². The maximum atomic E-state index is 13.7. The van der Waals surface area contributed by atoms with Crippen molar-refractivity contribution >= 4 is 43.7 Å². The fraction of sp³-hybridized carbons (Fsp3) is 0.290. The van der Waals surface area contributed by atoms with Gasteiger partial charge in [0.15, 0.2) is 17.1 Å². The molecule has 1 fully saturated rings. The first-order valence-electron chi connectivity index (χ1n) is 14.7. The molecule has 14 nitrogen and oxygen atoms in total. The van der Waals surface area contributed by atoms with Crippen LogP contribution in [-0.2, 0) is 53.0 Å². The summed E-state index contributed by atoms with van der Waals surface area (Å²) in [6, 6.07) is 7.86. The van der Waals surface area contributed by atoms with Crippen LogP contribution in [-0.4, -0.2) is 86.6 Å². The van der Waals surface area contributed by atoms with E-state index in [9.17, 15) is 58.3 Å². The molecule has 0 saturated carbocycles. The molecule has 1 spiro atoms. The Morgan fingerprint density at radius 1 is 0.860 bits per heavy atom. The number of esters is 1. The average molecular weight is 739 g/mol. The number of carbonyl (C=O) groups excluding carboxylic acids is 4. The number of fused-ring (bicyclic) bond motifs is 6. The van der Waals surface area contributed by atoms with E-state index in [4.69, 9.17) is 9.47 Å². The summed E-state index contributed by atoms with van der Waals surface area (Å²) in [6.07, 6.45) is -7.65. The number of nitrogens with one attached hydrogen (secondary N) is 1. The van der Waals surface area contributed by atoms with Crippen molar-refractivity contribution in [3.8, 4) is 11.5 Å². The van der Waals surface area contributed by atoms with Crippen LogP contribution in [0.2, 0.25) is 0 Å². The van der Waals surface area contributed by atoms with Gasteiger partial charge in [0.1, 0.15) is 15.6 Å². The quantitative estimate of drug-likeness (QED) is 0.235. The molecule has 1 saturated heterocycles. The zero-order chi connectivity index (χ0) is 36.6. The number of alkyl halides is 3. The molecule has 3 aromatic carbocycles. The van der Waals surface area contributed by atoms with Gasteiger partial charge in [0, 0.05) is 61.3 Å². The smallest absolute Gasteiger partial charge is 0.450 e. The van der Waals surface area contributed by atoms with Gasteiger partial charge in [0.05, 0.1) is 5.56 Å². The molecule has 0 aliphatic carbocycles. The number of piperazine rings is 1. The van der Waals surface area contributed by atoms with Crippen LogP contribution in [0.1, 0.15) is 55.5 Å². The fourth-order valence-corrected chi connectivity index (χ4v) is 8.16. The predicted octanol–water partition coefficient (Wildman–Crippen LogP) is 2.60. The molecule has 0 radical (unpaired) electrons. The van der Waals surface area contributed by atoms with E-state index in [2.05, 4.69) is 5.32 Å². The Morgan fingerprint density at radius 2 is 1.38 bits per heavy atom. The predicted molar refractivity (Wildman–Crippen MR) is 162 cm³/mol. The second-order valence-corrected chi connectivity index (χ2v) is 14.5. The molecule has 264 valence electrons. The van der Waals surface area contributed by atoms with Crippen LogP contribution in [0.25, 0.3) is 0 Å². The largest absolute Gasteiger partial charge is 0.453 e. The van der Waals surface area contributed by atoms with Crippen molar-refractivity contribution in [3.63, 3.8) is 0 Å².